The molecule has 2 atom stereocenters. The molecule has 2 heterocycles. The van der Waals surface area contributed by atoms with Crippen molar-refractivity contribution < 1.29 is 32.6 Å². The lowest BCUT2D eigenvalue weighted by Gasteiger charge is -2.27. The third-order valence-electron chi connectivity index (χ3n) is 4.75. The van der Waals surface area contributed by atoms with Gasteiger partial charge in [0.2, 0.25) is 5.88 Å². The zero-order valence-electron chi connectivity index (χ0n) is 18.3. The molecule has 172 valence electrons. The maximum atomic E-state index is 14.5. The third-order valence-corrected chi connectivity index (χ3v) is 4.75. The second kappa shape index (κ2) is 8.68. The Bertz CT molecular complexity index is 1040. The van der Waals surface area contributed by atoms with E-state index >= 15 is 0 Å². The van der Waals surface area contributed by atoms with Gasteiger partial charge in [-0.1, -0.05) is 18.7 Å². The molecule has 1 aromatic heterocycles. The molecule has 1 aliphatic heterocycles. The van der Waals surface area contributed by atoms with E-state index in [0.29, 0.717) is 11.6 Å². The van der Waals surface area contributed by atoms with E-state index in [1.807, 2.05) is 0 Å². The van der Waals surface area contributed by atoms with Gasteiger partial charge in [-0.25, -0.2) is 19.6 Å². The van der Waals surface area contributed by atoms with Crippen LogP contribution in [-0.4, -0.2) is 58.3 Å². The van der Waals surface area contributed by atoms with Crippen LogP contribution in [0, 0.1) is 0 Å². The molecule has 0 spiro atoms. The minimum absolute atomic E-state index is 0.0134. The Morgan fingerprint density at radius 3 is 2.38 bits per heavy atom. The maximum Gasteiger partial charge on any atom is 0.411 e. The third kappa shape index (κ3) is 4.95. The number of alkyl halides is 2. The van der Waals surface area contributed by atoms with E-state index < -0.39 is 47.3 Å². The van der Waals surface area contributed by atoms with Crippen molar-refractivity contribution in [1.82, 2.24) is 14.9 Å². The molecule has 8 nitrogen and oxygen atoms in total. The van der Waals surface area contributed by atoms with Gasteiger partial charge in [-0.15, -0.1) is 0 Å². The summed E-state index contributed by atoms with van der Waals surface area (Å²) in [6.45, 7) is 8.17. The molecule has 1 saturated heterocycles. The van der Waals surface area contributed by atoms with Gasteiger partial charge in [0, 0.05) is 6.42 Å². The topological polar surface area (TPSA) is 90.9 Å². The van der Waals surface area contributed by atoms with E-state index in [1.165, 1.54) is 12.0 Å². The van der Waals surface area contributed by atoms with Crippen molar-refractivity contribution in [2.75, 3.05) is 13.7 Å². The number of hydrogen-bond acceptors (Lipinski definition) is 7. The van der Waals surface area contributed by atoms with E-state index in [-0.39, 0.29) is 18.5 Å². The smallest absolute Gasteiger partial charge is 0.411 e. The van der Waals surface area contributed by atoms with Crippen LogP contribution in [-0.2, 0) is 20.2 Å². The normalized spacial score (nSPS) is 19.0. The number of nitrogens with zero attached hydrogens (tertiary/aromatic N) is 3. The molecule has 32 heavy (non-hydrogen) atoms. The van der Waals surface area contributed by atoms with Crippen molar-refractivity contribution in [3.63, 3.8) is 0 Å². The summed E-state index contributed by atoms with van der Waals surface area (Å²) in [5.41, 5.74) is -0.862. The molecule has 0 bridgehead atoms. The Morgan fingerprint density at radius 2 is 1.81 bits per heavy atom. The zero-order valence-corrected chi connectivity index (χ0v) is 18.3. The highest BCUT2D eigenvalue weighted by Crippen LogP contribution is 2.36. The van der Waals surface area contributed by atoms with Crippen molar-refractivity contribution >= 4 is 23.1 Å². The first kappa shape index (κ1) is 23.4. The van der Waals surface area contributed by atoms with Crippen molar-refractivity contribution in [1.29, 1.82) is 0 Å². The van der Waals surface area contributed by atoms with Crippen LogP contribution >= 0.6 is 0 Å². The van der Waals surface area contributed by atoms with E-state index in [4.69, 9.17) is 14.2 Å². The highest BCUT2D eigenvalue weighted by molar-refractivity contribution is 5.82. The number of methoxy groups -OCH3 is 1. The van der Waals surface area contributed by atoms with Gasteiger partial charge in [0.15, 0.2) is 5.69 Å². The van der Waals surface area contributed by atoms with Crippen LogP contribution in [0.2, 0.25) is 0 Å². The number of para-hydroxylation sites is 2. The summed E-state index contributed by atoms with van der Waals surface area (Å²) >= 11 is 0. The minimum Gasteiger partial charge on any atom is -0.471 e. The number of likely N-dealkylation sites (tertiary alicyclic amines) is 1. The van der Waals surface area contributed by atoms with Crippen LogP contribution < -0.4 is 4.74 Å². The molecule has 0 aliphatic carbocycles. The van der Waals surface area contributed by atoms with Crippen LogP contribution in [0.15, 0.2) is 36.9 Å². The summed E-state index contributed by atoms with van der Waals surface area (Å²) < 4.78 is 45.0. The predicted molar refractivity (Wildman–Crippen MR) is 111 cm³/mol. The van der Waals surface area contributed by atoms with Crippen molar-refractivity contribution in [2.24, 2.45) is 0 Å². The van der Waals surface area contributed by atoms with Gasteiger partial charge >= 0.3 is 18.0 Å². The van der Waals surface area contributed by atoms with Crippen molar-refractivity contribution in [3.8, 4) is 5.88 Å². The van der Waals surface area contributed by atoms with E-state index in [9.17, 15) is 18.4 Å². The Kier molecular flexibility index (Phi) is 6.34. The first-order chi connectivity index (χ1) is 14.9. The molecule has 0 N–H and O–H groups in total. The Balaban J connectivity index is 1.94. The molecule has 1 amide bonds. The number of allylic oxidation sites excluding steroid dienone is 1. The molecule has 1 aliphatic rings. The molecule has 2 aromatic rings. The lowest BCUT2D eigenvalue weighted by molar-refractivity contribution is -0.145. The second-order valence-electron chi connectivity index (χ2n) is 8.34. The molecule has 1 aromatic carbocycles. The molecule has 0 radical (unpaired) electrons. The van der Waals surface area contributed by atoms with Crippen LogP contribution in [0.3, 0.4) is 0 Å². The number of fused-ring (bicyclic) bond motifs is 1. The fourth-order valence-electron chi connectivity index (χ4n) is 3.30. The summed E-state index contributed by atoms with van der Waals surface area (Å²) in [7, 11) is 1.20. The molecule has 1 fully saturated rings. The van der Waals surface area contributed by atoms with Crippen LogP contribution in [0.5, 0.6) is 5.88 Å². The lowest BCUT2D eigenvalue weighted by Crippen LogP contribution is -2.44. The fraction of sp³-hybridized carbons (Fsp3) is 0.455. The van der Waals surface area contributed by atoms with E-state index in [0.717, 1.165) is 0 Å². The summed E-state index contributed by atoms with van der Waals surface area (Å²) in [6, 6.07) is 5.53. The first-order valence-electron chi connectivity index (χ1n) is 9.98. The number of carbonyl (C=O) groups excluding carboxylic acids is 2. The van der Waals surface area contributed by atoms with E-state index in [1.54, 1.807) is 45.0 Å². The summed E-state index contributed by atoms with van der Waals surface area (Å²) in [6.07, 6.45) is -1.08. The lowest BCUT2D eigenvalue weighted by atomic mass is 10.2. The van der Waals surface area contributed by atoms with Crippen molar-refractivity contribution in [3.05, 3.63) is 42.6 Å². The van der Waals surface area contributed by atoms with Gasteiger partial charge in [0.1, 0.15) is 17.7 Å². The Hall–Kier alpha value is -3.30. The molecular formula is C22H25F2N3O5. The van der Waals surface area contributed by atoms with E-state index in [2.05, 4.69) is 16.5 Å². The number of amides is 1. The largest absolute Gasteiger partial charge is 0.471 e. The number of esters is 1. The number of rotatable bonds is 5. The van der Waals surface area contributed by atoms with Gasteiger partial charge < -0.3 is 14.2 Å². The first-order valence-corrected chi connectivity index (χ1v) is 9.98. The number of carbonyl (C=O) groups is 2. The molecular weight excluding hydrogens is 424 g/mol. The highest BCUT2D eigenvalue weighted by Gasteiger charge is 2.44. The SMILES string of the molecule is C=CC(F)(F)c1nc2ccccc2nc1O[C@@H]1C[C@@H](C(=O)OC)N(C(=O)OC(C)(C)C)C1. The number of halogens is 2. The fourth-order valence-corrected chi connectivity index (χ4v) is 3.30. The monoisotopic (exact) mass is 449 g/mol. The van der Waals surface area contributed by atoms with Crippen LogP contribution in [0.1, 0.15) is 32.9 Å². The zero-order chi connectivity index (χ0) is 23.7. The van der Waals surface area contributed by atoms with Crippen molar-refractivity contribution in [2.45, 2.75) is 50.9 Å². The molecule has 10 heteroatoms. The highest BCUT2D eigenvalue weighted by atomic mass is 19.3. The summed E-state index contributed by atoms with van der Waals surface area (Å²) in [5.74, 6) is -4.56. The average Bonchev–Trinajstić information content (AvgIpc) is 3.15. The molecule has 3 rings (SSSR count). The quantitative estimate of drug-likeness (QED) is 0.506. The number of benzene rings is 1. The second-order valence-corrected chi connectivity index (χ2v) is 8.34. The number of hydrogen-bond donors (Lipinski definition) is 0. The van der Waals surface area contributed by atoms with Gasteiger partial charge in [0.25, 0.3) is 0 Å². The summed E-state index contributed by atoms with van der Waals surface area (Å²) in [5, 5.41) is 0. The average molecular weight is 449 g/mol. The Morgan fingerprint density at radius 1 is 1.19 bits per heavy atom. The number of ether oxygens (including phenoxy) is 3. The molecule has 0 saturated carbocycles. The maximum absolute atomic E-state index is 14.5. The van der Waals surface area contributed by atoms with Gasteiger partial charge in [-0.05, 0) is 39.0 Å². The standard InChI is InChI=1S/C22H25F2N3O5/c1-6-22(23,24)17-18(26-15-10-8-7-9-14(15)25-17)31-13-11-16(19(28)30-5)27(12-13)20(29)32-21(2,3)4/h6-10,13,16H,1,11-12H2,2-5H3/t13-,16+/m1/s1. The van der Waals surface area contributed by atoms with Gasteiger partial charge in [-0.2, -0.15) is 8.78 Å². The molecule has 0 unspecified atom stereocenters. The van der Waals surface area contributed by atoms with Crippen LogP contribution in [0.25, 0.3) is 11.0 Å². The van der Waals surface area contributed by atoms with Crippen LogP contribution in [0.4, 0.5) is 13.6 Å². The summed E-state index contributed by atoms with van der Waals surface area (Å²) in [4.78, 5) is 34.3. The van der Waals surface area contributed by atoms with Gasteiger partial charge in [-0.3, -0.25) is 4.90 Å². The van der Waals surface area contributed by atoms with Gasteiger partial charge in [0.05, 0.1) is 24.7 Å². The number of aromatic nitrogens is 2. The Labute approximate surface area is 184 Å². The minimum atomic E-state index is -3.50. The predicted octanol–water partition coefficient (Wildman–Crippen LogP) is 3.84.